The van der Waals surface area contributed by atoms with Crippen molar-refractivity contribution in [3.63, 3.8) is 0 Å². The molecule has 0 saturated heterocycles. The Morgan fingerprint density at radius 1 is 0.846 bits per heavy atom. The molecule has 0 aromatic heterocycles. The van der Waals surface area contributed by atoms with Crippen molar-refractivity contribution in [3.8, 4) is 11.5 Å². The van der Waals surface area contributed by atoms with Gasteiger partial charge in [-0.15, -0.1) is 0 Å². The van der Waals surface area contributed by atoms with Gasteiger partial charge in [0.2, 0.25) is 5.91 Å². The van der Waals surface area contributed by atoms with Crippen molar-refractivity contribution in [1.82, 2.24) is 5.32 Å². The van der Waals surface area contributed by atoms with Gasteiger partial charge in [0.15, 0.2) is 0 Å². The molecule has 0 aliphatic carbocycles. The maximum absolute atomic E-state index is 12.0. The predicted octanol–water partition coefficient (Wildman–Crippen LogP) is 4.86. The summed E-state index contributed by atoms with van der Waals surface area (Å²) in [7, 11) is 0. The molecule has 0 spiro atoms. The van der Waals surface area contributed by atoms with Crippen LogP contribution in [0.3, 0.4) is 0 Å². The minimum absolute atomic E-state index is 0.101. The van der Waals surface area contributed by atoms with E-state index in [0.29, 0.717) is 11.6 Å². The Hall–Kier alpha value is -2.82. The topological polar surface area (TPSA) is 50.4 Å². The second kappa shape index (κ2) is 9.04. The van der Waals surface area contributed by atoms with Crippen molar-refractivity contribution in [2.75, 3.05) is 11.9 Å². The van der Waals surface area contributed by atoms with E-state index in [1.54, 1.807) is 0 Å². The fourth-order valence-corrected chi connectivity index (χ4v) is 2.48. The van der Waals surface area contributed by atoms with Gasteiger partial charge in [-0.2, -0.15) is 0 Å². The summed E-state index contributed by atoms with van der Waals surface area (Å²) in [4.78, 5) is 12.0. The van der Waals surface area contributed by atoms with Crippen LogP contribution in [-0.2, 0) is 11.3 Å². The van der Waals surface area contributed by atoms with Gasteiger partial charge in [-0.05, 0) is 54.1 Å². The largest absolute Gasteiger partial charge is 0.457 e. The molecule has 0 unspecified atom stereocenters. The fourth-order valence-electron chi connectivity index (χ4n) is 2.36. The van der Waals surface area contributed by atoms with Crippen molar-refractivity contribution in [2.45, 2.75) is 6.54 Å². The number of carbonyl (C=O) groups excluding carboxylic acids is 1. The number of carbonyl (C=O) groups is 1. The van der Waals surface area contributed by atoms with Gasteiger partial charge >= 0.3 is 0 Å². The number of halogens is 1. The fraction of sp³-hybridized carbons (Fsp3) is 0.0952. The first-order valence-electron chi connectivity index (χ1n) is 8.27. The quantitative estimate of drug-likeness (QED) is 0.627. The van der Waals surface area contributed by atoms with Gasteiger partial charge < -0.3 is 15.4 Å². The van der Waals surface area contributed by atoms with Crippen LogP contribution in [0.25, 0.3) is 0 Å². The summed E-state index contributed by atoms with van der Waals surface area (Å²) in [6.07, 6.45) is 0. The molecule has 0 aliphatic rings. The third-order valence-electron chi connectivity index (χ3n) is 3.64. The van der Waals surface area contributed by atoms with Gasteiger partial charge in [0.25, 0.3) is 0 Å². The molecule has 0 atom stereocenters. The van der Waals surface area contributed by atoms with Crippen molar-refractivity contribution >= 4 is 23.2 Å². The number of hydrogen-bond donors (Lipinski definition) is 2. The van der Waals surface area contributed by atoms with Crippen LogP contribution in [0.5, 0.6) is 11.5 Å². The molecule has 0 aliphatic heterocycles. The molecule has 0 radical (unpaired) electrons. The number of benzene rings is 3. The van der Waals surface area contributed by atoms with Crippen LogP contribution >= 0.6 is 11.6 Å². The molecule has 1 amide bonds. The maximum atomic E-state index is 12.0. The molecule has 3 aromatic carbocycles. The maximum Gasteiger partial charge on any atom is 0.238 e. The van der Waals surface area contributed by atoms with E-state index in [4.69, 9.17) is 16.3 Å². The average Bonchev–Trinajstić information content (AvgIpc) is 2.66. The van der Waals surface area contributed by atoms with E-state index in [2.05, 4.69) is 10.6 Å². The van der Waals surface area contributed by atoms with E-state index in [1.807, 2.05) is 78.9 Å². The lowest BCUT2D eigenvalue weighted by Crippen LogP contribution is -2.27. The summed E-state index contributed by atoms with van der Waals surface area (Å²) in [5.74, 6) is 1.39. The molecule has 3 rings (SSSR count). The Labute approximate surface area is 157 Å². The zero-order valence-corrected chi connectivity index (χ0v) is 14.9. The van der Waals surface area contributed by atoms with Crippen LogP contribution in [0.4, 0.5) is 5.69 Å². The Bertz CT molecular complexity index is 834. The lowest BCUT2D eigenvalue weighted by atomic mass is 10.2. The molecule has 2 N–H and O–H groups in total. The molecule has 5 heteroatoms. The first-order chi connectivity index (χ1) is 12.7. The average molecular weight is 367 g/mol. The second-order valence-electron chi connectivity index (χ2n) is 5.72. The van der Waals surface area contributed by atoms with E-state index in [1.165, 1.54) is 0 Å². The SMILES string of the molecule is O=C(CNCc1ccc(Cl)cc1)Nc1ccc(Oc2ccccc2)cc1. The molecule has 4 nitrogen and oxygen atoms in total. The number of para-hydroxylation sites is 1. The number of rotatable bonds is 7. The zero-order chi connectivity index (χ0) is 18.2. The lowest BCUT2D eigenvalue weighted by Gasteiger charge is -2.09. The number of anilines is 1. The van der Waals surface area contributed by atoms with E-state index in [0.717, 1.165) is 22.7 Å². The molecular formula is C21H19ClN2O2. The third-order valence-corrected chi connectivity index (χ3v) is 3.90. The molecule has 132 valence electrons. The second-order valence-corrected chi connectivity index (χ2v) is 6.15. The first-order valence-corrected chi connectivity index (χ1v) is 8.65. The van der Waals surface area contributed by atoms with Crippen molar-refractivity contribution in [3.05, 3.63) is 89.4 Å². The first kappa shape index (κ1) is 18.0. The van der Waals surface area contributed by atoms with Crippen molar-refractivity contribution < 1.29 is 9.53 Å². The third kappa shape index (κ3) is 5.62. The molecule has 0 bridgehead atoms. The Morgan fingerprint density at radius 3 is 2.19 bits per heavy atom. The van der Waals surface area contributed by atoms with Gasteiger partial charge in [0.05, 0.1) is 6.54 Å². The highest BCUT2D eigenvalue weighted by Gasteiger charge is 2.03. The van der Waals surface area contributed by atoms with E-state index in [9.17, 15) is 4.79 Å². The van der Waals surface area contributed by atoms with Crippen LogP contribution in [0, 0.1) is 0 Å². The number of hydrogen-bond acceptors (Lipinski definition) is 3. The highest BCUT2D eigenvalue weighted by atomic mass is 35.5. The molecule has 0 saturated carbocycles. The van der Waals surface area contributed by atoms with Crippen LogP contribution in [0.15, 0.2) is 78.9 Å². The van der Waals surface area contributed by atoms with Crippen LogP contribution in [-0.4, -0.2) is 12.5 Å². The number of ether oxygens (including phenoxy) is 1. The van der Waals surface area contributed by atoms with E-state index < -0.39 is 0 Å². The van der Waals surface area contributed by atoms with Gasteiger partial charge in [-0.1, -0.05) is 41.9 Å². The predicted molar refractivity (Wildman–Crippen MR) is 105 cm³/mol. The Balaban J connectivity index is 1.44. The minimum Gasteiger partial charge on any atom is -0.457 e. The summed E-state index contributed by atoms with van der Waals surface area (Å²) >= 11 is 5.85. The zero-order valence-electron chi connectivity index (χ0n) is 14.1. The van der Waals surface area contributed by atoms with Crippen molar-refractivity contribution in [2.24, 2.45) is 0 Å². The van der Waals surface area contributed by atoms with Gasteiger partial charge in [0.1, 0.15) is 11.5 Å². The van der Waals surface area contributed by atoms with Gasteiger partial charge in [-0.25, -0.2) is 0 Å². The monoisotopic (exact) mass is 366 g/mol. The Morgan fingerprint density at radius 2 is 1.50 bits per heavy atom. The highest BCUT2D eigenvalue weighted by molar-refractivity contribution is 6.30. The number of amides is 1. The smallest absolute Gasteiger partial charge is 0.238 e. The van der Waals surface area contributed by atoms with E-state index in [-0.39, 0.29) is 12.5 Å². The summed E-state index contributed by atoms with van der Waals surface area (Å²) in [6.45, 7) is 0.833. The van der Waals surface area contributed by atoms with Gasteiger partial charge in [0, 0.05) is 17.3 Å². The normalized spacial score (nSPS) is 10.3. The summed E-state index contributed by atoms with van der Waals surface area (Å²) in [6, 6.07) is 24.4. The summed E-state index contributed by atoms with van der Waals surface area (Å²) < 4.78 is 5.73. The summed E-state index contributed by atoms with van der Waals surface area (Å²) in [5.41, 5.74) is 1.80. The molecule has 3 aromatic rings. The minimum atomic E-state index is -0.101. The van der Waals surface area contributed by atoms with Crippen LogP contribution in [0.2, 0.25) is 5.02 Å². The molecular weight excluding hydrogens is 348 g/mol. The number of nitrogens with one attached hydrogen (secondary N) is 2. The lowest BCUT2D eigenvalue weighted by molar-refractivity contribution is -0.115. The van der Waals surface area contributed by atoms with Crippen LogP contribution < -0.4 is 15.4 Å². The van der Waals surface area contributed by atoms with Crippen molar-refractivity contribution in [1.29, 1.82) is 0 Å². The highest BCUT2D eigenvalue weighted by Crippen LogP contribution is 2.22. The van der Waals surface area contributed by atoms with Gasteiger partial charge in [-0.3, -0.25) is 4.79 Å². The van der Waals surface area contributed by atoms with E-state index >= 15 is 0 Å². The molecule has 0 fully saturated rings. The standard InChI is InChI=1S/C21H19ClN2O2/c22-17-8-6-16(7-9-17)14-23-15-21(25)24-18-10-12-20(13-11-18)26-19-4-2-1-3-5-19/h1-13,23H,14-15H2,(H,24,25). The van der Waals surface area contributed by atoms with Crippen LogP contribution in [0.1, 0.15) is 5.56 Å². The molecule has 0 heterocycles. The summed E-state index contributed by atoms with van der Waals surface area (Å²) in [5, 5.41) is 6.66. The molecule has 26 heavy (non-hydrogen) atoms. The Kier molecular flexibility index (Phi) is 6.25.